The molecule has 120 valence electrons. The molecule has 1 saturated heterocycles. The van der Waals surface area contributed by atoms with Crippen molar-refractivity contribution in [2.24, 2.45) is 0 Å². The van der Waals surface area contributed by atoms with Crippen LogP contribution in [0.1, 0.15) is 48.8 Å². The molecule has 2 aromatic rings. The summed E-state index contributed by atoms with van der Waals surface area (Å²) in [6, 6.07) is 8.40. The second kappa shape index (κ2) is 6.46. The first kappa shape index (κ1) is 15.6. The number of likely N-dealkylation sites (tertiary alicyclic amines) is 1. The van der Waals surface area contributed by atoms with Gasteiger partial charge in [0.25, 0.3) is 0 Å². The van der Waals surface area contributed by atoms with Gasteiger partial charge in [-0.3, -0.25) is 14.9 Å². The smallest absolute Gasteiger partial charge is 0.337 e. The van der Waals surface area contributed by atoms with E-state index in [1.807, 2.05) is 12.1 Å². The Morgan fingerprint density at radius 3 is 2.91 bits per heavy atom. The Morgan fingerprint density at radius 2 is 2.17 bits per heavy atom. The second-order valence-electron chi connectivity index (χ2n) is 6.20. The van der Waals surface area contributed by atoms with Crippen molar-refractivity contribution in [2.45, 2.75) is 38.8 Å². The van der Waals surface area contributed by atoms with E-state index in [0.29, 0.717) is 12.1 Å². The zero-order chi connectivity index (χ0) is 16.4. The lowest BCUT2D eigenvalue weighted by molar-refractivity contribution is 0.0696. The van der Waals surface area contributed by atoms with Crippen LogP contribution in [0.3, 0.4) is 0 Å². The predicted octanol–water partition coefficient (Wildman–Crippen LogP) is 3.39. The molecule has 1 aliphatic rings. The number of hydrogen-bond acceptors (Lipinski definition) is 4. The number of carboxylic acid groups (broad SMARTS) is 1. The van der Waals surface area contributed by atoms with Crippen LogP contribution in [0.25, 0.3) is 11.3 Å². The molecule has 1 N–H and O–H groups in total. The molecule has 0 spiro atoms. The summed E-state index contributed by atoms with van der Waals surface area (Å²) in [6.07, 6.45) is 5.31. The van der Waals surface area contributed by atoms with Gasteiger partial charge < -0.3 is 5.11 Å². The van der Waals surface area contributed by atoms with Gasteiger partial charge in [0.2, 0.25) is 0 Å². The molecule has 0 amide bonds. The fourth-order valence-corrected chi connectivity index (χ4v) is 3.22. The number of hydrogen-bond donors (Lipinski definition) is 1. The van der Waals surface area contributed by atoms with Crippen molar-refractivity contribution in [3.63, 3.8) is 0 Å². The van der Waals surface area contributed by atoms with E-state index in [1.165, 1.54) is 12.6 Å². The van der Waals surface area contributed by atoms with Gasteiger partial charge in [-0.1, -0.05) is 6.07 Å². The van der Waals surface area contributed by atoms with Crippen molar-refractivity contribution in [2.75, 3.05) is 6.54 Å². The molecule has 0 saturated carbocycles. The topological polar surface area (TPSA) is 66.3 Å². The second-order valence-corrected chi connectivity index (χ2v) is 6.20. The van der Waals surface area contributed by atoms with Crippen molar-refractivity contribution in [3.05, 3.63) is 47.9 Å². The molecule has 1 aliphatic heterocycles. The summed E-state index contributed by atoms with van der Waals surface area (Å²) >= 11 is 0. The van der Waals surface area contributed by atoms with Gasteiger partial charge in [0.15, 0.2) is 0 Å². The van der Waals surface area contributed by atoms with Crippen LogP contribution in [0.15, 0.2) is 36.7 Å². The summed E-state index contributed by atoms with van der Waals surface area (Å²) in [5.74, 6) is -0.975. The maximum absolute atomic E-state index is 11.1. The van der Waals surface area contributed by atoms with Gasteiger partial charge >= 0.3 is 5.97 Å². The number of carboxylic acids is 1. The van der Waals surface area contributed by atoms with E-state index >= 15 is 0 Å². The Bertz CT molecular complexity index is 715. The van der Waals surface area contributed by atoms with Crippen molar-refractivity contribution in [1.29, 1.82) is 0 Å². The maximum Gasteiger partial charge on any atom is 0.337 e. The Morgan fingerprint density at radius 1 is 1.35 bits per heavy atom. The number of pyridine rings is 2. The fourth-order valence-electron chi connectivity index (χ4n) is 3.22. The van der Waals surface area contributed by atoms with Gasteiger partial charge in [-0.2, -0.15) is 0 Å². The van der Waals surface area contributed by atoms with Crippen LogP contribution < -0.4 is 0 Å². The third-order valence-corrected chi connectivity index (χ3v) is 4.35. The highest BCUT2D eigenvalue weighted by atomic mass is 16.4. The Kier molecular flexibility index (Phi) is 4.39. The van der Waals surface area contributed by atoms with E-state index in [9.17, 15) is 4.79 Å². The first-order chi connectivity index (χ1) is 11.1. The van der Waals surface area contributed by atoms with Crippen LogP contribution in [0.2, 0.25) is 0 Å². The molecular weight excluding hydrogens is 290 g/mol. The molecule has 23 heavy (non-hydrogen) atoms. The third kappa shape index (κ3) is 3.24. The largest absolute Gasteiger partial charge is 0.478 e. The summed E-state index contributed by atoms with van der Waals surface area (Å²) < 4.78 is 0. The van der Waals surface area contributed by atoms with E-state index in [4.69, 9.17) is 10.1 Å². The summed E-state index contributed by atoms with van der Waals surface area (Å²) in [5, 5.41) is 9.11. The molecule has 5 nitrogen and oxygen atoms in total. The Balaban J connectivity index is 1.94. The Labute approximate surface area is 136 Å². The number of carbonyl (C=O) groups is 1. The van der Waals surface area contributed by atoms with Gasteiger partial charge in [0.05, 0.1) is 23.0 Å². The summed E-state index contributed by atoms with van der Waals surface area (Å²) in [5.41, 5.74) is 2.74. The summed E-state index contributed by atoms with van der Waals surface area (Å²) in [7, 11) is 0. The zero-order valence-corrected chi connectivity index (χ0v) is 13.4. The monoisotopic (exact) mass is 311 g/mol. The quantitative estimate of drug-likeness (QED) is 0.937. The Hall–Kier alpha value is -2.27. The highest BCUT2D eigenvalue weighted by Crippen LogP contribution is 2.33. The van der Waals surface area contributed by atoms with Gasteiger partial charge in [0, 0.05) is 24.0 Å². The van der Waals surface area contributed by atoms with Crippen molar-refractivity contribution in [3.8, 4) is 11.3 Å². The van der Waals surface area contributed by atoms with Crippen molar-refractivity contribution < 1.29 is 9.90 Å². The van der Waals surface area contributed by atoms with Gasteiger partial charge in [-0.15, -0.1) is 0 Å². The molecule has 0 radical (unpaired) electrons. The van der Waals surface area contributed by atoms with E-state index in [2.05, 4.69) is 29.8 Å². The molecule has 0 bridgehead atoms. The number of aromatic carboxylic acids is 1. The molecule has 0 aliphatic carbocycles. The van der Waals surface area contributed by atoms with E-state index in [1.54, 1.807) is 12.3 Å². The lowest BCUT2D eigenvalue weighted by atomic mass is 10.1. The lowest BCUT2D eigenvalue weighted by Gasteiger charge is -2.28. The predicted molar refractivity (Wildman–Crippen MR) is 88.2 cm³/mol. The highest BCUT2D eigenvalue weighted by Gasteiger charge is 2.28. The number of rotatable bonds is 4. The van der Waals surface area contributed by atoms with E-state index in [0.717, 1.165) is 29.9 Å². The van der Waals surface area contributed by atoms with E-state index in [-0.39, 0.29) is 5.56 Å². The van der Waals surface area contributed by atoms with Crippen LogP contribution in [-0.4, -0.2) is 38.5 Å². The van der Waals surface area contributed by atoms with Crippen LogP contribution in [0.5, 0.6) is 0 Å². The molecule has 5 heteroatoms. The number of aromatic nitrogens is 2. The molecule has 1 fully saturated rings. The SMILES string of the molecule is CC(C)N1CCC[C@H]1c1cccc(-c2cncc(C(=O)O)c2)n1. The molecular formula is C18H21N3O2. The summed E-state index contributed by atoms with van der Waals surface area (Å²) in [6.45, 7) is 5.52. The maximum atomic E-state index is 11.1. The molecule has 3 rings (SSSR count). The minimum absolute atomic E-state index is 0.180. The first-order valence-corrected chi connectivity index (χ1v) is 7.97. The van der Waals surface area contributed by atoms with Gasteiger partial charge in [-0.25, -0.2) is 4.79 Å². The van der Waals surface area contributed by atoms with E-state index < -0.39 is 5.97 Å². The van der Waals surface area contributed by atoms with Crippen molar-refractivity contribution in [1.82, 2.24) is 14.9 Å². The minimum atomic E-state index is -0.975. The van der Waals surface area contributed by atoms with Crippen LogP contribution in [-0.2, 0) is 0 Å². The fraction of sp³-hybridized carbons (Fsp3) is 0.389. The normalized spacial score (nSPS) is 18.5. The first-order valence-electron chi connectivity index (χ1n) is 7.97. The molecule has 3 heterocycles. The van der Waals surface area contributed by atoms with Gasteiger partial charge in [0.1, 0.15) is 0 Å². The third-order valence-electron chi connectivity index (χ3n) is 4.35. The van der Waals surface area contributed by atoms with Gasteiger partial charge in [-0.05, 0) is 51.4 Å². The molecule has 2 aromatic heterocycles. The lowest BCUT2D eigenvalue weighted by Crippen LogP contribution is -2.30. The van der Waals surface area contributed by atoms with Crippen molar-refractivity contribution >= 4 is 5.97 Å². The molecule has 0 unspecified atom stereocenters. The van der Waals surface area contributed by atoms with Crippen LogP contribution in [0.4, 0.5) is 0 Å². The minimum Gasteiger partial charge on any atom is -0.478 e. The standard InChI is InChI=1S/C18H21N3O2/c1-12(2)21-8-4-7-17(21)16-6-3-5-15(20-16)13-9-14(18(22)23)11-19-10-13/h3,5-6,9-12,17H,4,7-8H2,1-2H3,(H,22,23)/t17-/m0/s1. The zero-order valence-electron chi connectivity index (χ0n) is 13.4. The van der Waals surface area contributed by atoms with Crippen LogP contribution >= 0.6 is 0 Å². The highest BCUT2D eigenvalue weighted by molar-refractivity contribution is 5.88. The number of nitrogens with zero attached hydrogens (tertiary/aromatic N) is 3. The average Bonchev–Trinajstić information content (AvgIpc) is 3.05. The summed E-state index contributed by atoms with van der Waals surface area (Å²) in [4.78, 5) is 22.4. The average molecular weight is 311 g/mol. The van der Waals surface area contributed by atoms with Crippen LogP contribution in [0, 0.1) is 0 Å². The molecule has 0 aromatic carbocycles. The molecule has 1 atom stereocenters.